The molecule has 0 unspecified atom stereocenters. The predicted molar refractivity (Wildman–Crippen MR) is 118 cm³/mol. The van der Waals surface area contributed by atoms with Crippen LogP contribution in [0.25, 0.3) is 0 Å². The van der Waals surface area contributed by atoms with E-state index in [1.54, 1.807) is 12.1 Å². The van der Waals surface area contributed by atoms with Crippen molar-refractivity contribution in [1.82, 2.24) is 9.21 Å². The van der Waals surface area contributed by atoms with Crippen molar-refractivity contribution in [2.75, 3.05) is 51.8 Å². The fraction of sp³-hybridized carbons (Fsp3) is 0.682. The molecule has 4 rings (SSSR count). The fourth-order valence-electron chi connectivity index (χ4n) is 4.43. The molecule has 8 nitrogen and oxygen atoms in total. The van der Waals surface area contributed by atoms with E-state index in [1.165, 1.54) is 17.5 Å². The van der Waals surface area contributed by atoms with Gasteiger partial charge >= 0.3 is 0 Å². The summed E-state index contributed by atoms with van der Waals surface area (Å²) in [5, 5.41) is 2.90. The van der Waals surface area contributed by atoms with Crippen LogP contribution in [0.4, 0.5) is 5.69 Å². The molecule has 1 N–H and O–H groups in total. The van der Waals surface area contributed by atoms with Gasteiger partial charge in [-0.1, -0.05) is 6.42 Å². The van der Waals surface area contributed by atoms with Crippen molar-refractivity contribution >= 4 is 21.6 Å². The number of sulfonamides is 1. The number of carbonyl (C=O) groups is 1. The second-order valence-corrected chi connectivity index (χ2v) is 10.7. The molecule has 31 heavy (non-hydrogen) atoms. The van der Waals surface area contributed by atoms with Crippen LogP contribution in [0.3, 0.4) is 0 Å². The largest absolute Gasteiger partial charge is 0.495 e. The van der Waals surface area contributed by atoms with Crippen LogP contribution >= 0.6 is 0 Å². The van der Waals surface area contributed by atoms with E-state index < -0.39 is 10.0 Å². The average molecular weight is 452 g/mol. The molecule has 3 fully saturated rings. The Hall–Kier alpha value is -1.68. The molecule has 3 aliphatic rings. The number of nitrogens with zero attached hydrogens (tertiary/aromatic N) is 2. The second kappa shape index (κ2) is 9.85. The van der Waals surface area contributed by atoms with Gasteiger partial charge in [0.2, 0.25) is 15.9 Å². The quantitative estimate of drug-likeness (QED) is 0.620. The summed E-state index contributed by atoms with van der Waals surface area (Å²) in [4.78, 5) is 15.1. The lowest BCUT2D eigenvalue weighted by Gasteiger charge is -2.27. The van der Waals surface area contributed by atoms with Crippen molar-refractivity contribution in [2.45, 2.75) is 49.5 Å². The minimum atomic E-state index is -3.67. The maximum atomic E-state index is 13.2. The Morgan fingerprint density at radius 2 is 2.00 bits per heavy atom. The van der Waals surface area contributed by atoms with Crippen LogP contribution in [0.15, 0.2) is 23.1 Å². The Morgan fingerprint density at radius 3 is 2.65 bits per heavy atom. The van der Waals surface area contributed by atoms with Gasteiger partial charge in [-0.2, -0.15) is 4.31 Å². The lowest BCUT2D eigenvalue weighted by molar-refractivity contribution is -0.117. The highest BCUT2D eigenvalue weighted by molar-refractivity contribution is 7.89. The molecule has 2 aliphatic heterocycles. The highest BCUT2D eigenvalue weighted by Crippen LogP contribution is 2.32. The van der Waals surface area contributed by atoms with Gasteiger partial charge in [-0.25, -0.2) is 8.42 Å². The van der Waals surface area contributed by atoms with E-state index >= 15 is 0 Å². The first-order valence-electron chi connectivity index (χ1n) is 11.3. The van der Waals surface area contributed by atoms with Gasteiger partial charge < -0.3 is 14.8 Å². The van der Waals surface area contributed by atoms with Crippen molar-refractivity contribution in [2.24, 2.45) is 5.92 Å². The van der Waals surface area contributed by atoms with Crippen LogP contribution < -0.4 is 10.1 Å². The highest BCUT2D eigenvalue weighted by Gasteiger charge is 2.33. The number of rotatable bonds is 9. The van der Waals surface area contributed by atoms with Crippen LogP contribution in [0.2, 0.25) is 0 Å². The van der Waals surface area contributed by atoms with E-state index in [1.807, 2.05) is 0 Å². The first kappa shape index (κ1) is 22.5. The first-order valence-corrected chi connectivity index (χ1v) is 12.7. The summed E-state index contributed by atoms with van der Waals surface area (Å²) in [7, 11) is -2.21. The number of hydrogen-bond donors (Lipinski definition) is 1. The second-order valence-electron chi connectivity index (χ2n) is 8.77. The molecular weight excluding hydrogens is 418 g/mol. The lowest BCUT2D eigenvalue weighted by Crippen LogP contribution is -2.38. The Balaban J connectivity index is 1.45. The lowest BCUT2D eigenvalue weighted by atomic mass is 10.1. The minimum absolute atomic E-state index is 0.108. The molecule has 1 aliphatic carbocycles. The van der Waals surface area contributed by atoms with E-state index in [-0.39, 0.29) is 10.8 Å². The Labute approximate surface area is 184 Å². The SMILES string of the molecule is COc1ccc(NC(=O)CN(C[C@H]2CCOC2)C2CC2)cc1S(=O)(=O)N1CCCCC1. The molecule has 0 aromatic heterocycles. The van der Waals surface area contributed by atoms with Gasteiger partial charge in [0, 0.05) is 38.0 Å². The van der Waals surface area contributed by atoms with Crippen LogP contribution in [-0.4, -0.2) is 76.1 Å². The molecule has 2 heterocycles. The number of carbonyl (C=O) groups excluding carboxylic acids is 1. The monoisotopic (exact) mass is 451 g/mol. The molecule has 1 aromatic carbocycles. The van der Waals surface area contributed by atoms with Gasteiger partial charge in [0.15, 0.2) is 0 Å². The number of anilines is 1. The Kier molecular flexibility index (Phi) is 7.15. The molecule has 9 heteroatoms. The van der Waals surface area contributed by atoms with Crippen molar-refractivity contribution < 1.29 is 22.7 Å². The summed E-state index contributed by atoms with van der Waals surface area (Å²) in [6.45, 7) is 3.78. The molecule has 1 aromatic rings. The van der Waals surface area contributed by atoms with Crippen molar-refractivity contribution in [3.05, 3.63) is 18.2 Å². The summed E-state index contributed by atoms with van der Waals surface area (Å²) in [5.41, 5.74) is 0.473. The molecule has 0 bridgehead atoms. The number of piperidine rings is 1. The number of benzene rings is 1. The topological polar surface area (TPSA) is 88.2 Å². The fourth-order valence-corrected chi connectivity index (χ4v) is 6.13. The third-order valence-electron chi connectivity index (χ3n) is 6.31. The maximum absolute atomic E-state index is 13.2. The van der Waals surface area contributed by atoms with Crippen LogP contribution in [-0.2, 0) is 19.6 Å². The minimum Gasteiger partial charge on any atom is -0.495 e. The summed E-state index contributed by atoms with van der Waals surface area (Å²) in [5.74, 6) is 0.650. The number of methoxy groups -OCH3 is 1. The molecule has 1 saturated carbocycles. The normalized spacial score (nSPS) is 22.6. The van der Waals surface area contributed by atoms with E-state index in [9.17, 15) is 13.2 Å². The number of amides is 1. The Bertz CT molecular complexity index is 875. The van der Waals surface area contributed by atoms with Gasteiger partial charge in [0.1, 0.15) is 10.6 Å². The van der Waals surface area contributed by atoms with E-state index in [0.717, 1.165) is 58.3 Å². The zero-order valence-electron chi connectivity index (χ0n) is 18.2. The molecular formula is C22H33N3O5S. The molecule has 0 spiro atoms. The maximum Gasteiger partial charge on any atom is 0.246 e. The summed E-state index contributed by atoms with van der Waals surface area (Å²) in [6.07, 6.45) is 6.07. The van der Waals surface area contributed by atoms with E-state index in [2.05, 4.69) is 10.2 Å². The highest BCUT2D eigenvalue weighted by atomic mass is 32.2. The van der Waals surface area contributed by atoms with Gasteiger partial charge in [-0.15, -0.1) is 0 Å². The molecule has 0 radical (unpaired) electrons. The smallest absolute Gasteiger partial charge is 0.246 e. The average Bonchev–Trinajstić information content (AvgIpc) is 3.50. The summed E-state index contributed by atoms with van der Waals surface area (Å²) < 4.78 is 38.7. The third-order valence-corrected chi connectivity index (χ3v) is 8.23. The van der Waals surface area contributed by atoms with Crippen molar-refractivity contribution in [1.29, 1.82) is 0 Å². The van der Waals surface area contributed by atoms with Gasteiger partial charge in [-0.05, 0) is 56.2 Å². The number of hydrogen-bond acceptors (Lipinski definition) is 6. The van der Waals surface area contributed by atoms with Crippen LogP contribution in [0.5, 0.6) is 5.75 Å². The van der Waals surface area contributed by atoms with E-state index in [0.29, 0.717) is 43.0 Å². The molecule has 1 amide bonds. The van der Waals surface area contributed by atoms with E-state index in [4.69, 9.17) is 9.47 Å². The summed E-state index contributed by atoms with van der Waals surface area (Å²) >= 11 is 0. The van der Waals surface area contributed by atoms with Crippen LogP contribution in [0, 0.1) is 5.92 Å². The predicted octanol–water partition coefficient (Wildman–Crippen LogP) is 2.31. The first-order chi connectivity index (χ1) is 15.0. The zero-order chi connectivity index (χ0) is 21.8. The summed E-state index contributed by atoms with van der Waals surface area (Å²) in [6, 6.07) is 5.30. The molecule has 172 valence electrons. The Morgan fingerprint density at radius 1 is 1.23 bits per heavy atom. The number of ether oxygens (including phenoxy) is 2. The third kappa shape index (κ3) is 5.58. The van der Waals surface area contributed by atoms with Crippen LogP contribution in [0.1, 0.15) is 38.5 Å². The van der Waals surface area contributed by atoms with Gasteiger partial charge in [0.05, 0.1) is 20.3 Å². The molecule has 2 saturated heterocycles. The number of nitrogens with one attached hydrogen (secondary N) is 1. The van der Waals surface area contributed by atoms with Crippen molar-refractivity contribution in [3.8, 4) is 5.75 Å². The van der Waals surface area contributed by atoms with Gasteiger partial charge in [0.25, 0.3) is 0 Å². The van der Waals surface area contributed by atoms with Gasteiger partial charge in [-0.3, -0.25) is 9.69 Å². The molecule has 1 atom stereocenters. The zero-order valence-corrected chi connectivity index (χ0v) is 19.0. The standard InChI is InChI=1S/C22H33N3O5S/c1-29-20-8-5-18(13-21(20)31(27,28)25-10-3-2-4-11-25)23-22(26)15-24(19-6-7-19)14-17-9-12-30-16-17/h5,8,13,17,19H,2-4,6-7,9-12,14-16H2,1H3,(H,23,26)/t17-/m1/s1. The van der Waals surface area contributed by atoms with Crippen molar-refractivity contribution in [3.63, 3.8) is 0 Å².